The van der Waals surface area contributed by atoms with Crippen molar-refractivity contribution in [2.75, 3.05) is 0 Å². The minimum atomic E-state index is -1.93. The molecule has 0 aliphatic rings. The van der Waals surface area contributed by atoms with Crippen LogP contribution in [-0.4, -0.2) is 19.2 Å². The van der Waals surface area contributed by atoms with E-state index in [2.05, 4.69) is 46.9 Å². The lowest BCUT2D eigenvalue weighted by Crippen LogP contribution is -2.48. The van der Waals surface area contributed by atoms with Gasteiger partial charge in [-0.3, -0.25) is 0 Å². The summed E-state index contributed by atoms with van der Waals surface area (Å²) in [5.74, 6) is -1.09. The zero-order valence-electron chi connectivity index (χ0n) is 13.3. The molecule has 0 aliphatic carbocycles. The third-order valence-corrected chi connectivity index (χ3v) is 8.32. The number of rotatable bonds is 7. The van der Waals surface area contributed by atoms with Crippen molar-refractivity contribution in [3.63, 3.8) is 0 Å². The van der Waals surface area contributed by atoms with Crippen LogP contribution >= 0.6 is 0 Å². The number of hydrogen-bond donors (Lipinski definition) is 1. The Labute approximate surface area is 115 Å². The lowest BCUT2D eigenvalue weighted by molar-refractivity contribution is -0.106. The molecular weight excluding hydrogens is 240 g/mol. The quantitative estimate of drug-likeness (QED) is 0.310. The second kappa shape index (κ2) is 6.87. The Morgan fingerprint density at radius 3 is 2.11 bits per heavy atom. The summed E-state index contributed by atoms with van der Waals surface area (Å²) in [7, 11) is -1.93. The van der Waals surface area contributed by atoms with Gasteiger partial charge in [-0.25, -0.2) is 0 Å². The highest BCUT2D eigenvalue weighted by Gasteiger charge is 2.42. The number of allylic oxidation sites excluding steroid dienone is 1. The topological polar surface area (TPSA) is 29.5 Å². The van der Waals surface area contributed by atoms with E-state index in [0.717, 1.165) is 12.8 Å². The first-order chi connectivity index (χ1) is 8.08. The van der Waals surface area contributed by atoms with E-state index < -0.39 is 14.1 Å². The maximum Gasteiger partial charge on any atom is 0.196 e. The highest BCUT2D eigenvalue weighted by Crippen LogP contribution is 2.39. The molecule has 0 bridgehead atoms. The Hall–Kier alpha value is -0.123. The Morgan fingerprint density at radius 2 is 1.72 bits per heavy atom. The van der Waals surface area contributed by atoms with Crippen LogP contribution in [0, 0.1) is 0 Å². The highest BCUT2D eigenvalue weighted by atomic mass is 28.4. The normalized spacial score (nSPS) is 17.1. The van der Waals surface area contributed by atoms with Crippen molar-refractivity contribution in [1.82, 2.24) is 0 Å². The molecule has 1 N–H and O–H groups in total. The van der Waals surface area contributed by atoms with Crippen LogP contribution in [0.2, 0.25) is 18.1 Å². The van der Waals surface area contributed by atoms with Crippen LogP contribution < -0.4 is 0 Å². The van der Waals surface area contributed by atoms with Crippen molar-refractivity contribution in [3.05, 3.63) is 12.2 Å². The molecule has 2 nitrogen and oxygen atoms in total. The molecule has 0 heterocycles. The standard InChI is InChI=1S/C15H32O2Si/c1-8-10-11-12-13-15(16,9-2)17-18(6,7)14(3,4)5/h12-13,16H,8-11H2,1-7H3/t15-/m0/s1. The molecule has 0 aromatic heterocycles. The third kappa shape index (κ3) is 5.68. The zero-order valence-corrected chi connectivity index (χ0v) is 14.3. The molecule has 108 valence electrons. The molecular formula is C15H32O2Si. The molecule has 0 saturated carbocycles. The molecule has 0 radical (unpaired) electrons. The molecule has 0 spiro atoms. The average Bonchev–Trinajstić information content (AvgIpc) is 2.22. The van der Waals surface area contributed by atoms with Gasteiger partial charge in [0.1, 0.15) is 0 Å². The molecule has 0 aromatic rings. The van der Waals surface area contributed by atoms with Crippen LogP contribution in [0.1, 0.15) is 60.3 Å². The van der Waals surface area contributed by atoms with E-state index in [4.69, 9.17) is 4.43 Å². The molecule has 3 heteroatoms. The maximum absolute atomic E-state index is 10.5. The third-order valence-electron chi connectivity index (χ3n) is 3.85. The minimum Gasteiger partial charge on any atom is -0.387 e. The Morgan fingerprint density at radius 1 is 1.17 bits per heavy atom. The van der Waals surface area contributed by atoms with Gasteiger partial charge >= 0.3 is 0 Å². The average molecular weight is 273 g/mol. The van der Waals surface area contributed by atoms with E-state index in [1.165, 1.54) is 6.42 Å². The second-order valence-corrected chi connectivity index (χ2v) is 11.3. The number of aliphatic hydroxyl groups is 1. The fourth-order valence-corrected chi connectivity index (χ4v) is 2.81. The van der Waals surface area contributed by atoms with Gasteiger partial charge in [-0.2, -0.15) is 0 Å². The van der Waals surface area contributed by atoms with Gasteiger partial charge in [-0.1, -0.05) is 53.5 Å². The molecule has 0 amide bonds. The van der Waals surface area contributed by atoms with E-state index in [9.17, 15) is 5.11 Å². The molecule has 0 aromatic carbocycles. The molecule has 0 unspecified atom stereocenters. The smallest absolute Gasteiger partial charge is 0.196 e. The summed E-state index contributed by atoms with van der Waals surface area (Å²) in [6, 6.07) is 0. The van der Waals surface area contributed by atoms with E-state index in [1.54, 1.807) is 0 Å². The van der Waals surface area contributed by atoms with Gasteiger partial charge in [0.15, 0.2) is 14.1 Å². The predicted molar refractivity (Wildman–Crippen MR) is 82.2 cm³/mol. The number of unbranched alkanes of at least 4 members (excludes halogenated alkanes) is 2. The van der Waals surface area contributed by atoms with E-state index in [-0.39, 0.29) is 5.04 Å². The van der Waals surface area contributed by atoms with Crippen molar-refractivity contribution in [2.45, 2.75) is 84.2 Å². The van der Waals surface area contributed by atoms with Gasteiger partial charge in [-0.15, -0.1) is 0 Å². The summed E-state index contributed by atoms with van der Waals surface area (Å²) >= 11 is 0. The van der Waals surface area contributed by atoms with Crippen molar-refractivity contribution in [3.8, 4) is 0 Å². The van der Waals surface area contributed by atoms with Crippen molar-refractivity contribution >= 4 is 8.32 Å². The summed E-state index contributed by atoms with van der Waals surface area (Å²) < 4.78 is 6.13. The summed E-state index contributed by atoms with van der Waals surface area (Å²) in [6.45, 7) is 15.1. The predicted octanol–water partition coefficient (Wildman–Crippen LogP) is 4.85. The lowest BCUT2D eigenvalue weighted by atomic mass is 10.1. The highest BCUT2D eigenvalue weighted by molar-refractivity contribution is 6.74. The Balaban J connectivity index is 4.71. The van der Waals surface area contributed by atoms with Crippen LogP contribution in [-0.2, 0) is 4.43 Å². The Bertz CT molecular complexity index is 266. The van der Waals surface area contributed by atoms with Crippen LogP contribution in [0.15, 0.2) is 12.2 Å². The minimum absolute atomic E-state index is 0.118. The van der Waals surface area contributed by atoms with Gasteiger partial charge in [0.2, 0.25) is 0 Å². The summed E-state index contributed by atoms with van der Waals surface area (Å²) in [6.07, 6.45) is 7.86. The fourth-order valence-electron chi connectivity index (χ4n) is 1.41. The lowest BCUT2D eigenvalue weighted by Gasteiger charge is -2.41. The molecule has 0 rings (SSSR count). The molecule has 1 atom stereocenters. The van der Waals surface area contributed by atoms with Crippen molar-refractivity contribution < 1.29 is 9.53 Å². The molecule has 18 heavy (non-hydrogen) atoms. The summed E-state index contributed by atoms with van der Waals surface area (Å²) in [5.41, 5.74) is 0. The van der Waals surface area contributed by atoms with Crippen molar-refractivity contribution in [2.24, 2.45) is 0 Å². The first-order valence-electron chi connectivity index (χ1n) is 7.18. The van der Waals surface area contributed by atoms with Crippen LogP contribution in [0.3, 0.4) is 0 Å². The monoisotopic (exact) mass is 272 g/mol. The fraction of sp³-hybridized carbons (Fsp3) is 0.867. The zero-order chi connectivity index (χ0) is 14.4. The number of hydrogen-bond acceptors (Lipinski definition) is 2. The van der Waals surface area contributed by atoms with E-state index >= 15 is 0 Å². The van der Waals surface area contributed by atoms with Gasteiger partial charge in [-0.05, 0) is 30.6 Å². The molecule has 0 aliphatic heterocycles. The van der Waals surface area contributed by atoms with Gasteiger partial charge < -0.3 is 9.53 Å². The maximum atomic E-state index is 10.5. The van der Waals surface area contributed by atoms with Crippen LogP contribution in [0.5, 0.6) is 0 Å². The first-order valence-corrected chi connectivity index (χ1v) is 10.1. The summed E-state index contributed by atoms with van der Waals surface area (Å²) in [5, 5.41) is 10.7. The van der Waals surface area contributed by atoms with Crippen molar-refractivity contribution in [1.29, 1.82) is 0 Å². The van der Waals surface area contributed by atoms with E-state index in [0.29, 0.717) is 6.42 Å². The van der Waals surface area contributed by atoms with Crippen LogP contribution in [0.25, 0.3) is 0 Å². The Kier molecular flexibility index (Phi) is 6.83. The largest absolute Gasteiger partial charge is 0.387 e. The molecule has 0 fully saturated rings. The van der Waals surface area contributed by atoms with E-state index in [1.807, 2.05) is 13.0 Å². The van der Waals surface area contributed by atoms with Gasteiger partial charge in [0, 0.05) is 6.42 Å². The van der Waals surface area contributed by atoms with Gasteiger partial charge in [0.25, 0.3) is 0 Å². The van der Waals surface area contributed by atoms with Crippen LogP contribution in [0.4, 0.5) is 0 Å². The molecule has 0 saturated heterocycles. The SMILES string of the molecule is CCCCC=C[C@](O)(CC)O[Si](C)(C)C(C)(C)C. The first kappa shape index (κ1) is 17.9. The summed E-state index contributed by atoms with van der Waals surface area (Å²) in [4.78, 5) is 0. The van der Waals surface area contributed by atoms with Gasteiger partial charge in [0.05, 0.1) is 0 Å². The second-order valence-electron chi connectivity index (χ2n) is 6.61.